The molecule has 33 heavy (non-hydrogen) atoms. The SMILES string of the molecule is Cc1cc(CN2C(=O)C(C)(C)c3ccc(C(=O)NCc4c(F)cc(F)cc4F)cc32)nn1C. The molecule has 1 aliphatic heterocycles. The third-order valence-electron chi connectivity index (χ3n) is 6.02. The summed E-state index contributed by atoms with van der Waals surface area (Å²) in [6, 6.07) is 7.88. The van der Waals surface area contributed by atoms with Gasteiger partial charge in [-0.1, -0.05) is 6.07 Å². The van der Waals surface area contributed by atoms with E-state index >= 15 is 0 Å². The van der Waals surface area contributed by atoms with Gasteiger partial charge in [-0.2, -0.15) is 5.10 Å². The van der Waals surface area contributed by atoms with Crippen LogP contribution in [0, 0.1) is 24.4 Å². The molecule has 0 saturated heterocycles. The van der Waals surface area contributed by atoms with E-state index in [-0.39, 0.29) is 18.0 Å². The van der Waals surface area contributed by atoms with Crippen molar-refractivity contribution in [3.8, 4) is 0 Å². The average Bonchev–Trinajstić information content (AvgIpc) is 3.15. The molecule has 3 aromatic rings. The minimum Gasteiger partial charge on any atom is -0.348 e. The fraction of sp³-hybridized carbons (Fsp3) is 0.292. The Bertz CT molecular complexity index is 1240. The number of amides is 2. The number of nitrogens with one attached hydrogen (secondary N) is 1. The second-order valence-corrected chi connectivity index (χ2v) is 8.68. The Balaban J connectivity index is 1.60. The van der Waals surface area contributed by atoms with E-state index in [1.165, 1.54) is 0 Å². The van der Waals surface area contributed by atoms with Crippen molar-refractivity contribution in [1.82, 2.24) is 15.1 Å². The number of anilines is 1. The topological polar surface area (TPSA) is 67.2 Å². The minimum atomic E-state index is -1.08. The van der Waals surface area contributed by atoms with Gasteiger partial charge < -0.3 is 10.2 Å². The van der Waals surface area contributed by atoms with Crippen molar-refractivity contribution in [3.63, 3.8) is 0 Å². The van der Waals surface area contributed by atoms with Crippen LogP contribution in [-0.4, -0.2) is 21.6 Å². The molecule has 1 aliphatic rings. The molecule has 2 aromatic carbocycles. The molecule has 4 rings (SSSR count). The number of hydrogen-bond donors (Lipinski definition) is 1. The lowest BCUT2D eigenvalue weighted by Gasteiger charge is -2.19. The molecule has 2 amide bonds. The van der Waals surface area contributed by atoms with Gasteiger partial charge in [0.05, 0.1) is 17.7 Å². The molecule has 0 atom stereocenters. The van der Waals surface area contributed by atoms with Crippen LogP contribution >= 0.6 is 0 Å². The van der Waals surface area contributed by atoms with Gasteiger partial charge in [-0.15, -0.1) is 0 Å². The molecule has 172 valence electrons. The molecular formula is C24H23F3N4O2. The third-order valence-corrected chi connectivity index (χ3v) is 6.02. The summed E-state index contributed by atoms with van der Waals surface area (Å²) in [6.07, 6.45) is 0. The molecule has 0 unspecified atom stereocenters. The zero-order chi connectivity index (χ0) is 24.1. The highest BCUT2D eigenvalue weighted by atomic mass is 19.1. The average molecular weight is 456 g/mol. The zero-order valence-electron chi connectivity index (χ0n) is 18.7. The number of fused-ring (bicyclic) bond motifs is 1. The van der Waals surface area contributed by atoms with Crippen LogP contribution in [-0.2, 0) is 30.3 Å². The molecule has 1 N–H and O–H groups in total. The van der Waals surface area contributed by atoms with Crippen molar-refractivity contribution in [2.75, 3.05) is 4.90 Å². The number of nitrogens with zero attached hydrogens (tertiary/aromatic N) is 3. The number of hydrogen-bond acceptors (Lipinski definition) is 3. The summed E-state index contributed by atoms with van der Waals surface area (Å²) in [5, 5.41) is 6.87. The van der Waals surface area contributed by atoms with Gasteiger partial charge in [0, 0.05) is 48.2 Å². The highest BCUT2D eigenvalue weighted by molar-refractivity contribution is 6.08. The molecule has 6 nitrogen and oxygen atoms in total. The number of aromatic nitrogens is 2. The number of aryl methyl sites for hydroxylation is 2. The molecule has 0 bridgehead atoms. The van der Waals surface area contributed by atoms with Crippen molar-refractivity contribution in [2.45, 2.75) is 39.3 Å². The predicted molar refractivity (Wildman–Crippen MR) is 116 cm³/mol. The first kappa shape index (κ1) is 22.6. The van der Waals surface area contributed by atoms with Crippen molar-refractivity contribution >= 4 is 17.5 Å². The summed E-state index contributed by atoms with van der Waals surface area (Å²) in [5.41, 5.74) is 2.02. The fourth-order valence-corrected chi connectivity index (χ4v) is 4.03. The van der Waals surface area contributed by atoms with Crippen molar-refractivity contribution in [3.05, 3.63) is 81.9 Å². The number of rotatable bonds is 5. The van der Waals surface area contributed by atoms with E-state index in [0.29, 0.717) is 23.5 Å². The lowest BCUT2D eigenvalue weighted by molar-refractivity contribution is -0.122. The van der Waals surface area contributed by atoms with Crippen LogP contribution in [0.25, 0.3) is 0 Å². The lowest BCUT2D eigenvalue weighted by atomic mass is 9.86. The van der Waals surface area contributed by atoms with E-state index in [9.17, 15) is 22.8 Å². The van der Waals surface area contributed by atoms with Crippen LogP contribution in [0.15, 0.2) is 36.4 Å². The number of carbonyl (C=O) groups excluding carboxylic acids is 2. The van der Waals surface area contributed by atoms with E-state index in [2.05, 4.69) is 10.4 Å². The summed E-state index contributed by atoms with van der Waals surface area (Å²) >= 11 is 0. The Hall–Kier alpha value is -3.62. The molecule has 9 heteroatoms. The Labute approximate surface area is 189 Å². The molecule has 0 aliphatic carbocycles. The van der Waals surface area contributed by atoms with Crippen LogP contribution in [0.3, 0.4) is 0 Å². The summed E-state index contributed by atoms with van der Waals surface area (Å²) in [6.45, 7) is 5.34. The van der Waals surface area contributed by atoms with Crippen LogP contribution in [0.5, 0.6) is 0 Å². The van der Waals surface area contributed by atoms with E-state index in [4.69, 9.17) is 0 Å². The van der Waals surface area contributed by atoms with E-state index in [0.717, 1.165) is 11.3 Å². The van der Waals surface area contributed by atoms with Crippen LogP contribution in [0.2, 0.25) is 0 Å². The van der Waals surface area contributed by atoms with Crippen molar-refractivity contribution in [1.29, 1.82) is 0 Å². The van der Waals surface area contributed by atoms with Crippen LogP contribution in [0.1, 0.15) is 46.7 Å². The quantitative estimate of drug-likeness (QED) is 0.633. The first-order valence-corrected chi connectivity index (χ1v) is 10.4. The van der Waals surface area contributed by atoms with Crippen LogP contribution in [0.4, 0.5) is 18.9 Å². The van der Waals surface area contributed by atoms with E-state index < -0.39 is 40.9 Å². The Morgan fingerprint density at radius 2 is 1.76 bits per heavy atom. The maximum Gasteiger partial charge on any atom is 0.251 e. The molecule has 0 saturated carbocycles. The fourth-order valence-electron chi connectivity index (χ4n) is 4.03. The summed E-state index contributed by atoms with van der Waals surface area (Å²) in [7, 11) is 1.82. The second kappa shape index (κ2) is 8.06. The summed E-state index contributed by atoms with van der Waals surface area (Å²) < 4.78 is 42.6. The highest BCUT2D eigenvalue weighted by Gasteiger charge is 2.44. The van der Waals surface area contributed by atoms with Crippen LogP contribution < -0.4 is 10.2 Å². The Morgan fingerprint density at radius 1 is 1.09 bits per heavy atom. The van der Waals surface area contributed by atoms with Crippen molar-refractivity contribution < 1.29 is 22.8 Å². The lowest BCUT2D eigenvalue weighted by Crippen LogP contribution is -2.35. The smallest absolute Gasteiger partial charge is 0.251 e. The van der Waals surface area contributed by atoms with Gasteiger partial charge in [0.2, 0.25) is 5.91 Å². The number of carbonyl (C=O) groups is 2. The molecule has 0 radical (unpaired) electrons. The number of benzene rings is 2. The normalized spacial score (nSPS) is 14.5. The standard InChI is InChI=1S/C24H23F3N4O2/c1-13-7-16(29-30(13)4)12-31-21-8-14(5-6-18(21)24(2,3)23(31)33)22(32)28-11-17-19(26)9-15(25)10-20(17)27/h5-10H,11-12H2,1-4H3,(H,28,32). The monoisotopic (exact) mass is 456 g/mol. The third kappa shape index (κ3) is 3.99. The largest absolute Gasteiger partial charge is 0.348 e. The van der Waals surface area contributed by atoms with Gasteiger partial charge in [-0.25, -0.2) is 13.2 Å². The molecular weight excluding hydrogens is 433 g/mol. The van der Waals surface area contributed by atoms with Gasteiger partial charge in [0.25, 0.3) is 5.91 Å². The second-order valence-electron chi connectivity index (χ2n) is 8.68. The van der Waals surface area contributed by atoms with Gasteiger partial charge in [0.15, 0.2) is 0 Å². The Morgan fingerprint density at radius 3 is 2.36 bits per heavy atom. The zero-order valence-corrected chi connectivity index (χ0v) is 18.7. The van der Waals surface area contributed by atoms with Gasteiger partial charge >= 0.3 is 0 Å². The summed E-state index contributed by atoms with van der Waals surface area (Å²) in [4.78, 5) is 27.5. The maximum atomic E-state index is 13.9. The van der Waals surface area contributed by atoms with Gasteiger partial charge in [-0.05, 0) is 44.5 Å². The molecule has 0 fully saturated rings. The highest BCUT2D eigenvalue weighted by Crippen LogP contribution is 2.42. The first-order chi connectivity index (χ1) is 15.5. The number of halogens is 3. The predicted octanol–water partition coefficient (Wildman–Crippen LogP) is 3.90. The maximum absolute atomic E-state index is 13.9. The van der Waals surface area contributed by atoms with E-state index in [1.807, 2.05) is 33.9 Å². The van der Waals surface area contributed by atoms with Crippen molar-refractivity contribution in [2.24, 2.45) is 7.05 Å². The first-order valence-electron chi connectivity index (χ1n) is 10.4. The van der Waals surface area contributed by atoms with Gasteiger partial charge in [-0.3, -0.25) is 14.3 Å². The van der Waals surface area contributed by atoms with E-state index in [1.54, 1.807) is 27.8 Å². The van der Waals surface area contributed by atoms with Gasteiger partial charge in [0.1, 0.15) is 17.5 Å². The molecule has 1 aromatic heterocycles. The minimum absolute atomic E-state index is 0.117. The summed E-state index contributed by atoms with van der Waals surface area (Å²) in [5.74, 6) is -3.88. The Kier molecular flexibility index (Phi) is 5.51. The molecule has 2 heterocycles. The molecule has 0 spiro atoms.